The lowest BCUT2D eigenvalue weighted by atomic mass is 10.0. The fourth-order valence-electron chi connectivity index (χ4n) is 2.78. The van der Waals surface area contributed by atoms with Crippen LogP contribution in [0.2, 0.25) is 0 Å². The zero-order valence-corrected chi connectivity index (χ0v) is 18.3. The number of rotatable bonds is 10. The Morgan fingerprint density at radius 1 is 0.862 bits per heavy atom. The Morgan fingerprint density at radius 3 is 1.97 bits per heavy atom. The summed E-state index contributed by atoms with van der Waals surface area (Å²) >= 11 is 11.2. The summed E-state index contributed by atoms with van der Waals surface area (Å²) in [5.74, 6) is 1.72. The molecule has 0 heterocycles. The second-order valence-electron chi connectivity index (χ2n) is 5.97. The quantitative estimate of drug-likeness (QED) is 0.304. The maximum atomic E-state index is 11.8. The van der Waals surface area contributed by atoms with Crippen molar-refractivity contribution in [2.45, 2.75) is 24.6 Å². The van der Waals surface area contributed by atoms with Crippen LogP contribution in [0.3, 0.4) is 0 Å². The van der Waals surface area contributed by atoms with E-state index < -0.39 is 10.8 Å². The highest BCUT2D eigenvalue weighted by atomic mass is 35.5. The molecule has 2 rings (SSSR count). The lowest BCUT2D eigenvalue weighted by Crippen LogP contribution is -2.16. The highest BCUT2D eigenvalue weighted by molar-refractivity contribution is 6.53. The summed E-state index contributed by atoms with van der Waals surface area (Å²) in [7, 11) is 4.72. The molecule has 0 aliphatic carbocycles. The van der Waals surface area contributed by atoms with Gasteiger partial charge in [0, 0.05) is 0 Å². The maximum Gasteiger partial charge on any atom is 0.344 e. The van der Waals surface area contributed by atoms with E-state index in [0.29, 0.717) is 42.4 Å². The summed E-state index contributed by atoms with van der Waals surface area (Å²) in [6.45, 7) is 2.27. The molecule has 0 fully saturated rings. The van der Waals surface area contributed by atoms with Gasteiger partial charge in [-0.3, -0.25) is 0 Å². The Bertz CT molecular complexity index is 813. The molecular formula is C21H24Cl2O6. The van der Waals surface area contributed by atoms with Crippen molar-refractivity contribution in [2.24, 2.45) is 0 Å². The van der Waals surface area contributed by atoms with E-state index >= 15 is 0 Å². The van der Waals surface area contributed by atoms with Crippen molar-refractivity contribution < 1.29 is 28.5 Å². The summed E-state index contributed by atoms with van der Waals surface area (Å²) in [6.07, 6.45) is 1.38. The molecule has 0 bridgehead atoms. The van der Waals surface area contributed by atoms with Crippen LogP contribution < -0.4 is 23.7 Å². The highest BCUT2D eigenvalue weighted by Crippen LogP contribution is 2.38. The Kier molecular flexibility index (Phi) is 8.73. The number of hydrogen-bond acceptors (Lipinski definition) is 6. The van der Waals surface area contributed by atoms with Crippen LogP contribution >= 0.6 is 23.2 Å². The second kappa shape index (κ2) is 11.0. The summed E-state index contributed by atoms with van der Waals surface area (Å²) in [4.78, 5) is 10.5. The molecular weight excluding hydrogens is 419 g/mol. The largest absolute Gasteiger partial charge is 0.493 e. The maximum absolute atomic E-state index is 11.8. The van der Waals surface area contributed by atoms with Crippen molar-refractivity contribution in [3.8, 4) is 28.7 Å². The number of ether oxygens (including phenoxy) is 5. The van der Waals surface area contributed by atoms with E-state index in [1.807, 2.05) is 25.1 Å². The molecule has 0 saturated carbocycles. The average Bonchev–Trinajstić information content (AvgIpc) is 2.72. The van der Waals surface area contributed by atoms with Crippen molar-refractivity contribution >= 4 is 29.2 Å². The first kappa shape index (κ1) is 23.0. The molecule has 0 amide bonds. The molecule has 0 aliphatic heterocycles. The van der Waals surface area contributed by atoms with Gasteiger partial charge in [-0.1, -0.05) is 29.3 Å². The molecule has 0 N–H and O–H groups in total. The minimum Gasteiger partial charge on any atom is -0.493 e. The van der Waals surface area contributed by atoms with E-state index in [-0.39, 0.29) is 5.75 Å². The predicted octanol–water partition coefficient (Wildman–Crippen LogP) is 4.61. The lowest BCUT2D eigenvalue weighted by Gasteiger charge is -2.15. The van der Waals surface area contributed by atoms with E-state index in [4.69, 9.17) is 46.9 Å². The van der Waals surface area contributed by atoms with E-state index in [1.165, 1.54) is 0 Å². The SMILES string of the molecule is CCOc1ccc(CCc2cc(OC)c(OC)c(OC)c2)cc1OC(=O)C(Cl)Cl. The van der Waals surface area contributed by atoms with Gasteiger partial charge >= 0.3 is 5.97 Å². The Morgan fingerprint density at radius 2 is 1.45 bits per heavy atom. The molecule has 6 nitrogen and oxygen atoms in total. The van der Waals surface area contributed by atoms with E-state index in [0.717, 1.165) is 11.1 Å². The molecule has 29 heavy (non-hydrogen) atoms. The van der Waals surface area contributed by atoms with Gasteiger partial charge in [0.15, 0.2) is 23.0 Å². The average molecular weight is 443 g/mol. The van der Waals surface area contributed by atoms with Gasteiger partial charge in [-0.2, -0.15) is 0 Å². The van der Waals surface area contributed by atoms with E-state index in [1.54, 1.807) is 33.5 Å². The smallest absolute Gasteiger partial charge is 0.344 e. The molecule has 0 radical (unpaired) electrons. The van der Waals surface area contributed by atoms with Crippen molar-refractivity contribution in [1.82, 2.24) is 0 Å². The molecule has 0 saturated heterocycles. The predicted molar refractivity (Wildman–Crippen MR) is 112 cm³/mol. The molecule has 8 heteroatoms. The topological polar surface area (TPSA) is 63.2 Å². The molecule has 0 unspecified atom stereocenters. The van der Waals surface area contributed by atoms with Crippen molar-refractivity contribution in [2.75, 3.05) is 27.9 Å². The first-order valence-electron chi connectivity index (χ1n) is 8.97. The van der Waals surface area contributed by atoms with Crippen molar-refractivity contribution in [3.05, 3.63) is 41.5 Å². The van der Waals surface area contributed by atoms with Crippen molar-refractivity contribution in [3.63, 3.8) is 0 Å². The van der Waals surface area contributed by atoms with E-state index in [2.05, 4.69) is 0 Å². The third-order valence-corrected chi connectivity index (χ3v) is 4.48. The zero-order valence-electron chi connectivity index (χ0n) is 16.8. The molecule has 0 aliphatic rings. The van der Waals surface area contributed by atoms with Crippen LogP contribution in [0.4, 0.5) is 0 Å². The number of carbonyl (C=O) groups is 1. The number of alkyl halides is 2. The third kappa shape index (κ3) is 6.08. The fraction of sp³-hybridized carbons (Fsp3) is 0.381. The van der Waals surface area contributed by atoms with Gasteiger partial charge in [0.2, 0.25) is 10.6 Å². The number of aryl methyl sites for hydroxylation is 2. The van der Waals surface area contributed by atoms with Gasteiger partial charge < -0.3 is 23.7 Å². The zero-order chi connectivity index (χ0) is 21.4. The van der Waals surface area contributed by atoms with Gasteiger partial charge in [0.25, 0.3) is 0 Å². The van der Waals surface area contributed by atoms with Gasteiger partial charge in [-0.15, -0.1) is 0 Å². The first-order valence-corrected chi connectivity index (χ1v) is 9.85. The molecule has 0 spiro atoms. The Labute approximate surface area is 180 Å². The van der Waals surface area contributed by atoms with Gasteiger partial charge in [0.05, 0.1) is 27.9 Å². The number of methoxy groups -OCH3 is 3. The summed E-state index contributed by atoms with van der Waals surface area (Å²) < 4.78 is 26.9. The van der Waals surface area contributed by atoms with Crippen LogP contribution in [0.15, 0.2) is 30.3 Å². The number of carbonyl (C=O) groups excluding carboxylic acids is 1. The van der Waals surface area contributed by atoms with Crippen LogP contribution in [0.1, 0.15) is 18.1 Å². The van der Waals surface area contributed by atoms with Crippen molar-refractivity contribution in [1.29, 1.82) is 0 Å². The monoisotopic (exact) mass is 442 g/mol. The molecule has 0 aromatic heterocycles. The summed E-state index contributed by atoms with van der Waals surface area (Å²) in [5.41, 5.74) is 1.96. The van der Waals surface area contributed by atoms with Gasteiger partial charge in [0.1, 0.15) is 0 Å². The summed E-state index contributed by atoms with van der Waals surface area (Å²) in [5, 5.41) is 0. The van der Waals surface area contributed by atoms with Crippen LogP contribution in [0.5, 0.6) is 28.7 Å². The van der Waals surface area contributed by atoms with Gasteiger partial charge in [-0.05, 0) is 55.2 Å². The standard InChI is InChI=1S/C21H24Cl2O6/c1-5-28-15-9-8-13(10-16(15)29-21(24)20(22)23)6-7-14-11-17(25-2)19(27-4)18(12-14)26-3/h8-12,20H,5-7H2,1-4H3. The third-order valence-electron chi connectivity index (χ3n) is 4.12. The van der Waals surface area contributed by atoms with Gasteiger partial charge in [-0.25, -0.2) is 4.79 Å². The van der Waals surface area contributed by atoms with Crippen LogP contribution in [-0.4, -0.2) is 38.7 Å². The lowest BCUT2D eigenvalue weighted by molar-refractivity contribution is -0.132. The molecule has 2 aromatic rings. The molecule has 0 atom stereocenters. The number of hydrogen-bond donors (Lipinski definition) is 0. The van der Waals surface area contributed by atoms with Crippen LogP contribution in [0.25, 0.3) is 0 Å². The van der Waals surface area contributed by atoms with Crippen LogP contribution in [-0.2, 0) is 17.6 Å². The second-order valence-corrected chi connectivity index (χ2v) is 7.07. The minimum absolute atomic E-state index is 0.283. The Hall–Kier alpha value is -2.31. The summed E-state index contributed by atoms with van der Waals surface area (Å²) in [6, 6.07) is 9.23. The minimum atomic E-state index is -1.27. The first-order chi connectivity index (χ1) is 13.9. The fourth-order valence-corrected chi connectivity index (χ4v) is 2.87. The number of halogens is 2. The molecule has 158 valence electrons. The normalized spacial score (nSPS) is 10.6. The Balaban J connectivity index is 2.23. The van der Waals surface area contributed by atoms with Crippen LogP contribution in [0, 0.1) is 0 Å². The number of esters is 1. The highest BCUT2D eigenvalue weighted by Gasteiger charge is 2.18. The number of benzene rings is 2. The molecule has 2 aromatic carbocycles. The van der Waals surface area contributed by atoms with E-state index in [9.17, 15) is 4.79 Å².